The number of carbonyl (C=O) groups excluding carboxylic acids is 1. The van der Waals surface area contributed by atoms with Crippen molar-refractivity contribution in [3.63, 3.8) is 0 Å². The molecule has 0 atom stereocenters. The van der Waals surface area contributed by atoms with Crippen LogP contribution in [-0.2, 0) is 10.2 Å². The van der Waals surface area contributed by atoms with Crippen LogP contribution in [0.3, 0.4) is 0 Å². The molecule has 3 rings (SSSR count). The Morgan fingerprint density at radius 2 is 1.76 bits per heavy atom. The van der Waals surface area contributed by atoms with Crippen LogP contribution < -0.4 is 5.32 Å². The Bertz CT molecular complexity index is 693. The maximum absolute atomic E-state index is 13.2. The summed E-state index contributed by atoms with van der Waals surface area (Å²) in [5, 5.41) is 3.14. The predicted molar refractivity (Wildman–Crippen MR) is 77.4 cm³/mol. The maximum Gasteiger partial charge on any atom is 0.235 e. The highest BCUT2D eigenvalue weighted by Gasteiger charge is 2.51. The summed E-state index contributed by atoms with van der Waals surface area (Å²) in [6, 6.07) is 10.1. The van der Waals surface area contributed by atoms with Gasteiger partial charge < -0.3 is 5.32 Å². The first-order valence-electron chi connectivity index (χ1n) is 6.53. The van der Waals surface area contributed by atoms with Gasteiger partial charge >= 0.3 is 0 Å². The summed E-state index contributed by atoms with van der Waals surface area (Å²) in [6.45, 7) is 0. The molecule has 0 aliphatic heterocycles. The van der Waals surface area contributed by atoms with Gasteiger partial charge in [0.25, 0.3) is 0 Å². The van der Waals surface area contributed by atoms with Gasteiger partial charge in [-0.2, -0.15) is 0 Å². The fraction of sp³-hybridized carbons (Fsp3) is 0.188. The lowest BCUT2D eigenvalue weighted by Crippen LogP contribution is -2.27. The van der Waals surface area contributed by atoms with Gasteiger partial charge in [-0.25, -0.2) is 8.78 Å². The number of hydrogen-bond donors (Lipinski definition) is 1. The van der Waals surface area contributed by atoms with Crippen LogP contribution in [0.2, 0.25) is 5.02 Å². The zero-order valence-corrected chi connectivity index (χ0v) is 11.8. The first-order valence-corrected chi connectivity index (χ1v) is 6.91. The summed E-state index contributed by atoms with van der Waals surface area (Å²) < 4.78 is 26.3. The lowest BCUT2D eigenvalue weighted by Gasteiger charge is -2.16. The highest BCUT2D eigenvalue weighted by atomic mass is 35.5. The van der Waals surface area contributed by atoms with Crippen LogP contribution in [0.15, 0.2) is 42.5 Å². The van der Waals surface area contributed by atoms with Crippen molar-refractivity contribution in [1.82, 2.24) is 0 Å². The smallest absolute Gasteiger partial charge is 0.235 e. The Morgan fingerprint density at radius 3 is 2.33 bits per heavy atom. The van der Waals surface area contributed by atoms with E-state index in [0.717, 1.165) is 23.8 Å². The predicted octanol–water partition coefficient (Wildman–Crippen LogP) is 4.29. The van der Waals surface area contributed by atoms with Gasteiger partial charge in [-0.15, -0.1) is 0 Å². The van der Waals surface area contributed by atoms with Crippen LogP contribution in [0.25, 0.3) is 0 Å². The molecule has 1 aliphatic rings. The number of carbonyl (C=O) groups is 1. The number of benzene rings is 2. The van der Waals surface area contributed by atoms with Gasteiger partial charge in [-0.3, -0.25) is 4.79 Å². The third-order valence-corrected chi connectivity index (χ3v) is 3.92. The monoisotopic (exact) mass is 307 g/mol. The van der Waals surface area contributed by atoms with Crippen LogP contribution in [-0.4, -0.2) is 5.91 Å². The van der Waals surface area contributed by atoms with E-state index in [1.54, 1.807) is 18.2 Å². The van der Waals surface area contributed by atoms with Crippen LogP contribution in [0, 0.1) is 11.6 Å². The minimum Gasteiger partial charge on any atom is -0.325 e. The summed E-state index contributed by atoms with van der Waals surface area (Å²) in [4.78, 5) is 12.4. The molecule has 108 valence electrons. The zero-order valence-electron chi connectivity index (χ0n) is 11.0. The van der Waals surface area contributed by atoms with E-state index in [-0.39, 0.29) is 11.6 Å². The van der Waals surface area contributed by atoms with Crippen molar-refractivity contribution >= 4 is 23.2 Å². The van der Waals surface area contributed by atoms with Crippen molar-refractivity contribution in [2.75, 3.05) is 5.32 Å². The number of halogens is 3. The number of amides is 1. The van der Waals surface area contributed by atoms with E-state index in [1.807, 2.05) is 6.07 Å². The molecule has 0 unspecified atom stereocenters. The number of hydrogen-bond acceptors (Lipinski definition) is 1. The summed E-state index contributed by atoms with van der Waals surface area (Å²) >= 11 is 5.95. The maximum atomic E-state index is 13.2. The van der Waals surface area contributed by atoms with Crippen molar-refractivity contribution < 1.29 is 13.6 Å². The Morgan fingerprint density at radius 1 is 1.10 bits per heavy atom. The highest BCUT2D eigenvalue weighted by Crippen LogP contribution is 2.49. The summed E-state index contributed by atoms with van der Waals surface area (Å²) in [6.07, 6.45) is 1.38. The molecule has 1 amide bonds. The molecule has 1 fully saturated rings. The molecule has 0 saturated heterocycles. The second-order valence-electron chi connectivity index (χ2n) is 5.20. The highest BCUT2D eigenvalue weighted by molar-refractivity contribution is 6.30. The second kappa shape index (κ2) is 5.11. The average molecular weight is 308 g/mol. The van der Waals surface area contributed by atoms with Crippen LogP contribution in [0.1, 0.15) is 18.4 Å². The molecule has 0 spiro atoms. The molecule has 0 heterocycles. The molecule has 0 radical (unpaired) electrons. The van der Waals surface area contributed by atoms with Gasteiger partial charge in [-0.05, 0) is 42.7 Å². The van der Waals surface area contributed by atoms with Gasteiger partial charge in [0.05, 0.1) is 5.41 Å². The van der Waals surface area contributed by atoms with E-state index in [1.165, 1.54) is 0 Å². The number of anilines is 1. The Balaban J connectivity index is 1.85. The van der Waals surface area contributed by atoms with Crippen LogP contribution in [0.4, 0.5) is 14.5 Å². The molecule has 1 N–H and O–H groups in total. The Labute approximate surface area is 125 Å². The van der Waals surface area contributed by atoms with Gasteiger partial charge in [0.15, 0.2) is 0 Å². The first kappa shape index (κ1) is 14.0. The van der Waals surface area contributed by atoms with E-state index < -0.39 is 17.0 Å². The van der Waals surface area contributed by atoms with Crippen molar-refractivity contribution in [3.8, 4) is 0 Å². The topological polar surface area (TPSA) is 29.1 Å². The fourth-order valence-corrected chi connectivity index (χ4v) is 2.63. The normalized spacial score (nSPS) is 15.6. The van der Waals surface area contributed by atoms with Crippen molar-refractivity contribution in [1.29, 1.82) is 0 Å². The SMILES string of the molecule is O=C(Nc1cc(F)cc(F)c1)C1(c2cccc(Cl)c2)CC1. The van der Waals surface area contributed by atoms with Gasteiger partial charge in [0.1, 0.15) is 11.6 Å². The van der Waals surface area contributed by atoms with E-state index in [9.17, 15) is 13.6 Å². The molecule has 2 aromatic rings. The van der Waals surface area contributed by atoms with Crippen molar-refractivity contribution in [2.45, 2.75) is 18.3 Å². The quantitative estimate of drug-likeness (QED) is 0.900. The minimum absolute atomic E-state index is 0.116. The molecule has 2 aromatic carbocycles. The lowest BCUT2D eigenvalue weighted by atomic mass is 9.95. The van der Waals surface area contributed by atoms with E-state index in [0.29, 0.717) is 17.9 Å². The standard InChI is InChI=1S/C16H12ClF2NO/c17-11-3-1-2-10(6-11)16(4-5-16)15(21)20-14-8-12(18)7-13(19)9-14/h1-3,6-9H,4-5H2,(H,20,21). The Kier molecular flexibility index (Phi) is 3.41. The summed E-state index contributed by atoms with van der Waals surface area (Å²) in [5.41, 5.74) is 0.295. The first-order chi connectivity index (χ1) is 9.99. The second-order valence-corrected chi connectivity index (χ2v) is 5.64. The number of nitrogens with one attached hydrogen (secondary N) is 1. The molecule has 0 bridgehead atoms. The average Bonchev–Trinajstić information content (AvgIpc) is 3.18. The summed E-state index contributed by atoms with van der Waals surface area (Å²) in [5.74, 6) is -1.72. The Hall–Kier alpha value is -1.94. The minimum atomic E-state index is -0.724. The third kappa shape index (κ3) is 2.76. The van der Waals surface area contributed by atoms with Gasteiger partial charge in [-0.1, -0.05) is 23.7 Å². The molecular weight excluding hydrogens is 296 g/mol. The van der Waals surface area contributed by atoms with E-state index >= 15 is 0 Å². The number of rotatable bonds is 3. The van der Waals surface area contributed by atoms with Crippen LogP contribution in [0.5, 0.6) is 0 Å². The molecule has 21 heavy (non-hydrogen) atoms. The van der Waals surface area contributed by atoms with E-state index in [4.69, 9.17) is 11.6 Å². The lowest BCUT2D eigenvalue weighted by molar-refractivity contribution is -0.118. The summed E-state index contributed by atoms with van der Waals surface area (Å²) in [7, 11) is 0. The molecule has 5 heteroatoms. The zero-order chi connectivity index (χ0) is 15.0. The molecule has 1 saturated carbocycles. The van der Waals surface area contributed by atoms with E-state index in [2.05, 4.69) is 5.32 Å². The molecule has 1 aliphatic carbocycles. The van der Waals surface area contributed by atoms with Gasteiger partial charge in [0, 0.05) is 16.8 Å². The van der Waals surface area contributed by atoms with Crippen molar-refractivity contribution in [3.05, 3.63) is 64.7 Å². The molecular formula is C16H12ClF2NO. The molecule has 0 aromatic heterocycles. The van der Waals surface area contributed by atoms with Gasteiger partial charge in [0.2, 0.25) is 5.91 Å². The van der Waals surface area contributed by atoms with Crippen LogP contribution >= 0.6 is 11.6 Å². The van der Waals surface area contributed by atoms with Crippen molar-refractivity contribution in [2.24, 2.45) is 0 Å². The molecule has 2 nitrogen and oxygen atoms in total. The largest absolute Gasteiger partial charge is 0.325 e. The fourth-order valence-electron chi connectivity index (χ4n) is 2.43. The third-order valence-electron chi connectivity index (χ3n) is 3.68.